The Kier molecular flexibility index (Phi) is 5.66. The minimum absolute atomic E-state index is 0.0258. The summed E-state index contributed by atoms with van der Waals surface area (Å²) in [5.41, 5.74) is 1.48. The van der Waals surface area contributed by atoms with Gasteiger partial charge in [0.2, 0.25) is 0 Å². The van der Waals surface area contributed by atoms with Crippen LogP contribution in [0.15, 0.2) is 42.5 Å². The summed E-state index contributed by atoms with van der Waals surface area (Å²) in [7, 11) is 0. The summed E-state index contributed by atoms with van der Waals surface area (Å²) >= 11 is 5.04. The van der Waals surface area contributed by atoms with Gasteiger partial charge in [0.05, 0.1) is 16.7 Å². The normalized spacial score (nSPS) is 10.4. The Morgan fingerprint density at radius 3 is 2.36 bits per heavy atom. The van der Waals surface area contributed by atoms with Gasteiger partial charge in [0.1, 0.15) is 5.75 Å². The number of hydrogen-bond acceptors (Lipinski definition) is 5. The maximum absolute atomic E-state index is 12.2. The van der Waals surface area contributed by atoms with Crippen LogP contribution in [-0.4, -0.2) is 21.0 Å². The number of carbonyl (C=O) groups excluding carboxylic acids is 1. The Labute approximate surface area is 149 Å². The first kappa shape index (κ1) is 18.3. The molecular formula is C17H17N3O4S. The molecule has 1 amide bonds. The molecular weight excluding hydrogens is 342 g/mol. The van der Waals surface area contributed by atoms with Crippen LogP contribution < -0.4 is 10.6 Å². The molecule has 0 atom stereocenters. The van der Waals surface area contributed by atoms with Gasteiger partial charge < -0.3 is 10.4 Å². The van der Waals surface area contributed by atoms with Crippen LogP contribution in [0.4, 0.5) is 11.4 Å². The van der Waals surface area contributed by atoms with E-state index in [-0.39, 0.29) is 22.2 Å². The lowest BCUT2D eigenvalue weighted by Crippen LogP contribution is -2.34. The molecule has 0 aliphatic carbocycles. The number of phenolic OH excluding ortho intramolecular Hbond substituents is 1. The number of nitrogens with zero attached hydrogens (tertiary/aromatic N) is 1. The highest BCUT2D eigenvalue weighted by molar-refractivity contribution is 7.80. The molecule has 0 spiro atoms. The second-order valence-corrected chi connectivity index (χ2v) is 6.05. The van der Waals surface area contributed by atoms with Crippen LogP contribution in [0.3, 0.4) is 0 Å². The quantitative estimate of drug-likeness (QED) is 0.334. The third kappa shape index (κ3) is 4.74. The fourth-order valence-electron chi connectivity index (χ4n) is 2.09. The lowest BCUT2D eigenvalue weighted by molar-refractivity contribution is -0.384. The number of non-ortho nitro benzene ring substituents is 1. The van der Waals surface area contributed by atoms with Gasteiger partial charge in [0, 0.05) is 11.6 Å². The summed E-state index contributed by atoms with van der Waals surface area (Å²) in [4.78, 5) is 22.2. The fraction of sp³-hybridized carbons (Fsp3) is 0.176. The molecule has 0 bridgehead atoms. The maximum Gasteiger partial charge on any atom is 0.273 e. The minimum Gasteiger partial charge on any atom is -0.506 e. The van der Waals surface area contributed by atoms with E-state index in [9.17, 15) is 20.0 Å². The van der Waals surface area contributed by atoms with Gasteiger partial charge in [-0.3, -0.25) is 20.2 Å². The number of amides is 1. The molecule has 0 aromatic heterocycles. The van der Waals surface area contributed by atoms with E-state index in [4.69, 9.17) is 12.2 Å². The van der Waals surface area contributed by atoms with Crippen LogP contribution in [0, 0.1) is 10.1 Å². The number of carbonyl (C=O) groups is 1. The molecule has 2 aromatic carbocycles. The third-order valence-corrected chi connectivity index (χ3v) is 3.71. The molecule has 2 rings (SSSR count). The van der Waals surface area contributed by atoms with E-state index in [1.54, 1.807) is 12.1 Å². The van der Waals surface area contributed by atoms with Crippen molar-refractivity contribution in [3.8, 4) is 5.75 Å². The first-order valence-corrected chi connectivity index (χ1v) is 7.88. The zero-order chi connectivity index (χ0) is 18.6. The van der Waals surface area contributed by atoms with Crippen LogP contribution in [-0.2, 0) is 0 Å². The zero-order valence-corrected chi connectivity index (χ0v) is 14.5. The van der Waals surface area contributed by atoms with Gasteiger partial charge in [-0.15, -0.1) is 0 Å². The van der Waals surface area contributed by atoms with E-state index in [0.29, 0.717) is 11.5 Å². The second-order valence-electron chi connectivity index (χ2n) is 5.64. The average Bonchev–Trinajstić information content (AvgIpc) is 2.56. The average molecular weight is 359 g/mol. The highest BCUT2D eigenvalue weighted by Crippen LogP contribution is 2.27. The molecule has 0 heterocycles. The Morgan fingerprint density at radius 1 is 1.20 bits per heavy atom. The van der Waals surface area contributed by atoms with Crippen molar-refractivity contribution in [2.24, 2.45) is 0 Å². The number of aromatic hydroxyl groups is 1. The molecule has 25 heavy (non-hydrogen) atoms. The number of phenols is 1. The molecule has 0 saturated heterocycles. The van der Waals surface area contributed by atoms with Crippen LogP contribution in [0.5, 0.6) is 5.75 Å². The highest BCUT2D eigenvalue weighted by Gasteiger charge is 2.13. The molecule has 7 nitrogen and oxygen atoms in total. The van der Waals surface area contributed by atoms with Gasteiger partial charge in [0.15, 0.2) is 5.11 Å². The van der Waals surface area contributed by atoms with Crippen molar-refractivity contribution in [1.82, 2.24) is 5.32 Å². The van der Waals surface area contributed by atoms with Crippen LogP contribution in [0.1, 0.15) is 35.7 Å². The molecule has 0 aliphatic rings. The lowest BCUT2D eigenvalue weighted by Gasteiger charge is -2.11. The van der Waals surface area contributed by atoms with Gasteiger partial charge in [-0.2, -0.15) is 0 Å². The predicted molar refractivity (Wildman–Crippen MR) is 99.0 cm³/mol. The minimum atomic E-state index is -0.621. The van der Waals surface area contributed by atoms with Gasteiger partial charge >= 0.3 is 0 Å². The van der Waals surface area contributed by atoms with E-state index in [1.807, 2.05) is 12.1 Å². The second kappa shape index (κ2) is 7.71. The number of thiocarbonyl (C=S) groups is 1. The fourth-order valence-corrected chi connectivity index (χ4v) is 2.29. The zero-order valence-electron chi connectivity index (χ0n) is 13.6. The van der Waals surface area contributed by atoms with Gasteiger partial charge in [-0.25, -0.2) is 0 Å². The highest BCUT2D eigenvalue weighted by atomic mass is 32.1. The van der Waals surface area contributed by atoms with Crippen molar-refractivity contribution >= 4 is 34.6 Å². The number of nitrogens with one attached hydrogen (secondary N) is 2. The molecule has 0 fully saturated rings. The summed E-state index contributed by atoms with van der Waals surface area (Å²) in [5.74, 6) is -0.369. The van der Waals surface area contributed by atoms with E-state index in [1.165, 1.54) is 12.1 Å². The van der Waals surface area contributed by atoms with E-state index in [0.717, 1.165) is 11.6 Å². The van der Waals surface area contributed by atoms with Crippen LogP contribution in [0.25, 0.3) is 0 Å². The van der Waals surface area contributed by atoms with E-state index in [2.05, 4.69) is 24.5 Å². The van der Waals surface area contributed by atoms with Crippen LogP contribution >= 0.6 is 12.2 Å². The van der Waals surface area contributed by atoms with Crippen molar-refractivity contribution in [3.63, 3.8) is 0 Å². The Hall–Kier alpha value is -3.00. The number of benzene rings is 2. The molecule has 0 radical (unpaired) electrons. The van der Waals surface area contributed by atoms with Crippen LogP contribution in [0.2, 0.25) is 0 Å². The van der Waals surface area contributed by atoms with Gasteiger partial charge in [0.25, 0.3) is 11.6 Å². The van der Waals surface area contributed by atoms with Crippen molar-refractivity contribution in [2.75, 3.05) is 5.32 Å². The molecule has 130 valence electrons. The largest absolute Gasteiger partial charge is 0.506 e. The van der Waals surface area contributed by atoms with Crippen molar-refractivity contribution < 1.29 is 14.8 Å². The molecule has 0 saturated carbocycles. The maximum atomic E-state index is 12.2. The number of hydrogen-bond donors (Lipinski definition) is 3. The summed E-state index contributed by atoms with van der Waals surface area (Å²) in [6, 6.07) is 10.7. The van der Waals surface area contributed by atoms with Gasteiger partial charge in [-0.1, -0.05) is 26.0 Å². The number of nitro benzene ring substituents is 1. The van der Waals surface area contributed by atoms with Crippen molar-refractivity contribution in [2.45, 2.75) is 19.8 Å². The van der Waals surface area contributed by atoms with E-state index >= 15 is 0 Å². The first-order valence-electron chi connectivity index (χ1n) is 7.47. The Morgan fingerprint density at radius 2 is 1.84 bits per heavy atom. The van der Waals surface area contributed by atoms with E-state index < -0.39 is 10.8 Å². The smallest absolute Gasteiger partial charge is 0.273 e. The number of anilines is 1. The van der Waals surface area contributed by atoms with Crippen molar-refractivity contribution in [3.05, 3.63) is 63.7 Å². The topological polar surface area (TPSA) is 104 Å². The van der Waals surface area contributed by atoms with Gasteiger partial charge in [-0.05, 0) is 41.9 Å². The summed E-state index contributed by atoms with van der Waals surface area (Å²) in [6.45, 7) is 4.12. The summed E-state index contributed by atoms with van der Waals surface area (Å²) in [5, 5.41) is 25.5. The molecule has 2 aromatic rings. The molecule has 0 aliphatic heterocycles. The summed E-state index contributed by atoms with van der Waals surface area (Å²) in [6.07, 6.45) is 0. The predicted octanol–water partition coefficient (Wildman–Crippen LogP) is 3.55. The number of rotatable bonds is 4. The molecule has 3 N–H and O–H groups in total. The molecule has 0 unspecified atom stereocenters. The standard InChI is InChI=1S/C17H17N3O4S/c1-10(2)11-3-5-12(6-4-11)16(22)19-17(25)18-14-8-7-13(20(23)24)9-15(14)21/h3-10,21H,1-2H3,(H2,18,19,22,25). The Bertz CT molecular complexity index is 819. The lowest BCUT2D eigenvalue weighted by atomic mass is 10.0. The molecule has 8 heteroatoms. The third-order valence-electron chi connectivity index (χ3n) is 3.51. The van der Waals surface area contributed by atoms with Crippen molar-refractivity contribution in [1.29, 1.82) is 0 Å². The number of nitro groups is 1. The monoisotopic (exact) mass is 359 g/mol. The first-order chi connectivity index (χ1) is 11.8. The SMILES string of the molecule is CC(C)c1ccc(C(=O)NC(=S)Nc2ccc([N+](=O)[O-])cc2O)cc1. The Balaban J connectivity index is 2.02. The summed E-state index contributed by atoms with van der Waals surface area (Å²) < 4.78 is 0.